The zero-order valence-electron chi connectivity index (χ0n) is 23.2. The van der Waals surface area contributed by atoms with Crippen molar-refractivity contribution < 1.29 is 49.2 Å². The summed E-state index contributed by atoms with van der Waals surface area (Å²) in [6.45, 7) is 0. The third-order valence-corrected chi connectivity index (χ3v) is 6.32. The van der Waals surface area contributed by atoms with Crippen LogP contribution in [-0.4, -0.2) is 76.1 Å². The highest BCUT2D eigenvalue weighted by Gasteiger charge is 2.33. The number of H-pyrrole nitrogens is 2. The van der Waals surface area contributed by atoms with E-state index in [4.69, 9.17) is 11.5 Å². The molecule has 16 nitrogen and oxygen atoms in total. The summed E-state index contributed by atoms with van der Waals surface area (Å²) < 4.78 is 0. The fourth-order valence-corrected chi connectivity index (χ4v) is 4.45. The summed E-state index contributed by atoms with van der Waals surface area (Å²) in [4.78, 5) is 80.5. The molecule has 0 bridgehead atoms. The van der Waals surface area contributed by atoms with Gasteiger partial charge in [0.25, 0.3) is 11.8 Å². The van der Waals surface area contributed by atoms with Crippen molar-refractivity contribution in [2.45, 2.75) is 0 Å². The monoisotopic (exact) mass is 626 g/mol. The number of primary amides is 2. The van der Waals surface area contributed by atoms with E-state index in [1.807, 2.05) is 48.5 Å². The second-order valence-corrected chi connectivity index (χ2v) is 9.20. The Labute approximate surface area is 255 Å². The van der Waals surface area contributed by atoms with Gasteiger partial charge in [-0.2, -0.15) is 0 Å². The first-order valence-electron chi connectivity index (χ1n) is 12.8. The van der Waals surface area contributed by atoms with Crippen LogP contribution in [0.4, 0.5) is 0 Å². The van der Waals surface area contributed by atoms with Crippen molar-refractivity contribution in [1.82, 2.24) is 19.9 Å². The van der Waals surface area contributed by atoms with Crippen molar-refractivity contribution in [2.24, 2.45) is 11.5 Å². The Balaban J connectivity index is 0.000000169. The van der Waals surface area contributed by atoms with E-state index >= 15 is 0 Å². The van der Waals surface area contributed by atoms with Crippen LogP contribution in [0, 0.1) is 0 Å². The summed E-state index contributed by atoms with van der Waals surface area (Å²) in [7, 11) is 0. The van der Waals surface area contributed by atoms with Crippen molar-refractivity contribution in [3.63, 3.8) is 0 Å². The van der Waals surface area contributed by atoms with Crippen LogP contribution in [0.3, 0.4) is 0 Å². The highest BCUT2D eigenvalue weighted by Crippen LogP contribution is 2.31. The number of hydrogen-bond acceptors (Lipinski definition) is 8. The molecule has 0 saturated carbocycles. The first-order valence-corrected chi connectivity index (χ1v) is 12.8. The molecule has 2 aromatic heterocycles. The number of nitrogens with two attached hydrogens (primary N) is 2. The summed E-state index contributed by atoms with van der Waals surface area (Å²) >= 11 is 0. The van der Waals surface area contributed by atoms with Gasteiger partial charge in [0.15, 0.2) is 11.6 Å². The van der Waals surface area contributed by atoms with Crippen LogP contribution in [0.15, 0.2) is 72.8 Å². The maximum atomic E-state index is 11.4. The van der Waals surface area contributed by atoms with Crippen LogP contribution < -0.4 is 11.5 Å². The molecule has 0 unspecified atom stereocenters. The number of carbonyl (C=O) groups excluding carboxylic acids is 2. The maximum absolute atomic E-state index is 11.4. The van der Waals surface area contributed by atoms with Gasteiger partial charge in [-0.1, -0.05) is 48.5 Å². The number of fused-ring (bicyclic) bond motifs is 3. The Morgan fingerprint density at radius 1 is 0.478 bits per heavy atom. The number of nitrogens with one attached hydrogen (secondary N) is 2. The number of para-hydroxylation sites is 4. The van der Waals surface area contributed by atoms with Gasteiger partial charge in [0, 0.05) is 0 Å². The van der Waals surface area contributed by atoms with Crippen LogP contribution >= 0.6 is 0 Å². The molecular formula is C30H22N6O10. The quantitative estimate of drug-likeness (QED) is 0.132. The summed E-state index contributed by atoms with van der Waals surface area (Å²) in [6, 6.07) is 20.0. The van der Waals surface area contributed by atoms with E-state index in [1.54, 1.807) is 0 Å². The molecule has 4 aromatic carbocycles. The van der Waals surface area contributed by atoms with E-state index in [2.05, 4.69) is 19.9 Å². The minimum atomic E-state index is -1.83. The number of carbonyl (C=O) groups is 6. The molecule has 46 heavy (non-hydrogen) atoms. The zero-order valence-corrected chi connectivity index (χ0v) is 23.2. The molecule has 0 aliphatic carbocycles. The molecule has 0 aliphatic heterocycles. The van der Waals surface area contributed by atoms with Crippen LogP contribution in [0.25, 0.3) is 32.8 Å². The number of nitrogens with zero attached hydrogens (tertiary/aromatic N) is 2. The van der Waals surface area contributed by atoms with Gasteiger partial charge in [-0.15, -0.1) is 0 Å². The Bertz CT molecular complexity index is 1980. The van der Waals surface area contributed by atoms with Crippen LogP contribution in [-0.2, 0) is 0 Å². The molecule has 232 valence electrons. The predicted molar refractivity (Wildman–Crippen MR) is 161 cm³/mol. The van der Waals surface area contributed by atoms with E-state index < -0.39 is 57.9 Å². The predicted octanol–water partition coefficient (Wildman–Crippen LogP) is 2.96. The largest absolute Gasteiger partial charge is 0.478 e. The second-order valence-electron chi connectivity index (χ2n) is 9.20. The molecule has 2 heterocycles. The molecule has 0 spiro atoms. The molecule has 16 heteroatoms. The Morgan fingerprint density at radius 3 is 1.07 bits per heavy atom. The standard InChI is InChI=1S/C14H8O8.2C8H7N3O/c15-11(16)7-5-3-1-2-4-6(5)8(12(17)18)10(14(21)22)9(7)13(19)20;2*9-7(12)8-10-5-3-1-2-4-6(5)11-8/h1-4H,(H,15,16)(H,17,18)(H,19,20)(H,21,22);2*1-4H,(H2,9,12)(H,10,11). The molecule has 0 radical (unpaired) electrons. The number of aromatic amines is 2. The lowest BCUT2D eigenvalue weighted by Gasteiger charge is -2.14. The number of benzene rings is 4. The van der Waals surface area contributed by atoms with E-state index in [1.165, 1.54) is 24.3 Å². The minimum Gasteiger partial charge on any atom is -0.478 e. The van der Waals surface area contributed by atoms with Gasteiger partial charge in [0.05, 0.1) is 44.3 Å². The van der Waals surface area contributed by atoms with Crippen LogP contribution in [0.5, 0.6) is 0 Å². The molecule has 0 aliphatic rings. The first-order chi connectivity index (χ1) is 21.8. The van der Waals surface area contributed by atoms with Gasteiger partial charge in [0.1, 0.15) is 0 Å². The second kappa shape index (κ2) is 13.0. The van der Waals surface area contributed by atoms with Crippen LogP contribution in [0.2, 0.25) is 0 Å². The summed E-state index contributed by atoms with van der Waals surface area (Å²) in [5, 5.41) is 36.6. The summed E-state index contributed by atoms with van der Waals surface area (Å²) in [6.07, 6.45) is 0. The van der Waals surface area contributed by atoms with Crippen molar-refractivity contribution in [3.05, 3.63) is 107 Å². The average Bonchev–Trinajstić information content (AvgIpc) is 3.65. The summed E-state index contributed by atoms with van der Waals surface area (Å²) in [5.74, 6) is -7.64. The number of carboxylic acids is 4. The highest BCUT2D eigenvalue weighted by molar-refractivity contribution is 6.23. The van der Waals surface area contributed by atoms with Crippen LogP contribution in [0.1, 0.15) is 62.7 Å². The molecule has 2 amide bonds. The number of amides is 2. The van der Waals surface area contributed by atoms with Crippen molar-refractivity contribution in [3.8, 4) is 0 Å². The van der Waals surface area contributed by atoms with E-state index in [0.717, 1.165) is 22.1 Å². The van der Waals surface area contributed by atoms with Gasteiger partial charge in [-0.25, -0.2) is 29.1 Å². The fraction of sp³-hybridized carbons (Fsp3) is 0. The molecule has 10 N–H and O–H groups in total. The Hall–Kier alpha value is -7.10. The van der Waals surface area contributed by atoms with Gasteiger partial charge < -0.3 is 41.9 Å². The number of carboxylic acid groups (broad SMARTS) is 4. The number of hydrogen-bond donors (Lipinski definition) is 8. The smallest absolute Gasteiger partial charge is 0.337 e. The van der Waals surface area contributed by atoms with Crippen molar-refractivity contribution in [1.29, 1.82) is 0 Å². The van der Waals surface area contributed by atoms with Gasteiger partial charge in [0.2, 0.25) is 0 Å². The molecular weight excluding hydrogens is 604 g/mol. The molecule has 0 atom stereocenters. The zero-order chi connectivity index (χ0) is 33.7. The van der Waals surface area contributed by atoms with E-state index in [-0.39, 0.29) is 22.4 Å². The van der Waals surface area contributed by atoms with E-state index in [0.29, 0.717) is 0 Å². The van der Waals surface area contributed by atoms with Crippen molar-refractivity contribution in [2.75, 3.05) is 0 Å². The van der Waals surface area contributed by atoms with E-state index in [9.17, 15) is 49.2 Å². The minimum absolute atomic E-state index is 0.158. The highest BCUT2D eigenvalue weighted by atomic mass is 16.4. The molecule has 6 rings (SSSR count). The summed E-state index contributed by atoms with van der Waals surface area (Å²) in [5.41, 5.74) is 9.62. The maximum Gasteiger partial charge on any atom is 0.337 e. The molecule has 0 saturated heterocycles. The number of aromatic nitrogens is 4. The number of aromatic carboxylic acids is 4. The topological polar surface area (TPSA) is 293 Å². The van der Waals surface area contributed by atoms with Gasteiger partial charge in [-0.05, 0) is 35.0 Å². The Kier molecular flexibility index (Phi) is 9.02. The number of rotatable bonds is 6. The van der Waals surface area contributed by atoms with Crippen molar-refractivity contribution >= 4 is 68.5 Å². The SMILES string of the molecule is NC(=O)c1nc2ccccc2[nH]1.NC(=O)c1nc2ccccc2[nH]1.O=C(O)c1c(C(=O)O)c(C(=O)O)c2ccccc2c1C(=O)O. The first kappa shape index (κ1) is 31.8. The normalized spacial score (nSPS) is 10.3. The third kappa shape index (κ3) is 6.45. The molecule has 0 fully saturated rings. The third-order valence-electron chi connectivity index (χ3n) is 6.32. The fourth-order valence-electron chi connectivity index (χ4n) is 4.45. The lowest BCUT2D eigenvalue weighted by Crippen LogP contribution is -2.20. The van der Waals surface area contributed by atoms with Gasteiger partial charge >= 0.3 is 23.9 Å². The lowest BCUT2D eigenvalue weighted by atomic mass is 9.88. The lowest BCUT2D eigenvalue weighted by molar-refractivity contribution is 0.0621. The van der Waals surface area contributed by atoms with Gasteiger partial charge in [-0.3, -0.25) is 9.59 Å². The molecule has 6 aromatic rings. The number of imidazole rings is 2. The Morgan fingerprint density at radius 2 is 0.783 bits per heavy atom. The average molecular weight is 627 g/mol.